The number of hydrogen-bond donors (Lipinski definition) is 1. The molecular weight excluding hydrogens is 292 g/mol. The van der Waals surface area contributed by atoms with Crippen LogP contribution in [0.15, 0.2) is 30.5 Å². The fourth-order valence-electron chi connectivity index (χ4n) is 2.67. The molecule has 0 amide bonds. The zero-order valence-electron chi connectivity index (χ0n) is 14.3. The fourth-order valence-corrected chi connectivity index (χ4v) is 2.67. The van der Waals surface area contributed by atoms with E-state index in [0.29, 0.717) is 12.5 Å². The van der Waals surface area contributed by atoms with Crippen LogP contribution < -0.4 is 4.74 Å². The maximum atomic E-state index is 9.83. The molecule has 1 atom stereocenters. The molecule has 0 fully saturated rings. The summed E-state index contributed by atoms with van der Waals surface area (Å²) in [6.45, 7) is 5.82. The lowest BCUT2D eigenvalue weighted by Crippen LogP contribution is -2.41. The molecule has 0 saturated heterocycles. The van der Waals surface area contributed by atoms with E-state index >= 15 is 0 Å². The third-order valence-corrected chi connectivity index (χ3v) is 4.14. The number of aliphatic hydroxyl groups excluding tert-OH is 1. The molecular formula is C17H26N4O2. The Morgan fingerprint density at radius 1 is 1.22 bits per heavy atom. The average molecular weight is 318 g/mol. The second-order valence-corrected chi connectivity index (χ2v) is 6.10. The Hall–Kier alpha value is -1.92. The first-order chi connectivity index (χ1) is 11.0. The van der Waals surface area contributed by atoms with Gasteiger partial charge in [0.1, 0.15) is 5.75 Å². The van der Waals surface area contributed by atoms with E-state index in [-0.39, 0.29) is 12.6 Å². The number of methoxy groups -OCH3 is 1. The normalized spacial score (nSPS) is 12.8. The second-order valence-electron chi connectivity index (χ2n) is 6.10. The van der Waals surface area contributed by atoms with Crippen molar-refractivity contribution in [2.45, 2.75) is 33.0 Å². The number of aryl methyl sites for hydroxylation is 1. The molecule has 126 valence electrons. The van der Waals surface area contributed by atoms with Gasteiger partial charge in [-0.05, 0) is 23.6 Å². The van der Waals surface area contributed by atoms with Crippen molar-refractivity contribution in [3.63, 3.8) is 0 Å². The van der Waals surface area contributed by atoms with Crippen molar-refractivity contribution in [1.82, 2.24) is 19.9 Å². The number of nitrogens with zero attached hydrogens (tertiary/aromatic N) is 4. The van der Waals surface area contributed by atoms with Gasteiger partial charge in [-0.15, -0.1) is 5.10 Å². The Balaban J connectivity index is 2.19. The van der Waals surface area contributed by atoms with E-state index < -0.39 is 0 Å². The van der Waals surface area contributed by atoms with Crippen molar-refractivity contribution >= 4 is 0 Å². The second kappa shape index (κ2) is 8.08. The highest BCUT2D eigenvalue weighted by molar-refractivity contribution is 5.27. The molecule has 1 N–H and O–H groups in total. The molecule has 6 heteroatoms. The van der Waals surface area contributed by atoms with E-state index in [2.05, 4.69) is 41.2 Å². The Kier molecular flexibility index (Phi) is 6.12. The molecule has 6 nitrogen and oxygen atoms in total. The van der Waals surface area contributed by atoms with Crippen molar-refractivity contribution in [2.75, 3.05) is 13.7 Å². The minimum absolute atomic E-state index is 0.0759. The Labute approximate surface area is 137 Å². The molecule has 0 radical (unpaired) electrons. The summed E-state index contributed by atoms with van der Waals surface area (Å²) in [5, 5.41) is 17.8. The van der Waals surface area contributed by atoms with Crippen LogP contribution in [0.5, 0.6) is 5.75 Å². The lowest BCUT2D eigenvalue weighted by atomic mass is 10.0. The highest BCUT2D eigenvalue weighted by Crippen LogP contribution is 2.19. The third kappa shape index (κ3) is 4.53. The van der Waals surface area contributed by atoms with Crippen LogP contribution in [0.4, 0.5) is 0 Å². The molecule has 23 heavy (non-hydrogen) atoms. The van der Waals surface area contributed by atoms with Crippen molar-refractivity contribution < 1.29 is 9.84 Å². The molecule has 2 aromatic rings. The zero-order valence-corrected chi connectivity index (χ0v) is 14.3. The zero-order chi connectivity index (χ0) is 16.8. The van der Waals surface area contributed by atoms with E-state index in [4.69, 9.17) is 4.74 Å². The van der Waals surface area contributed by atoms with Crippen molar-refractivity contribution in [2.24, 2.45) is 13.0 Å². The number of hydrogen-bond acceptors (Lipinski definition) is 5. The lowest BCUT2D eigenvalue weighted by molar-refractivity contribution is 0.0764. The van der Waals surface area contributed by atoms with Crippen LogP contribution in [0.25, 0.3) is 0 Å². The van der Waals surface area contributed by atoms with Crippen molar-refractivity contribution in [3.05, 3.63) is 41.7 Å². The summed E-state index contributed by atoms with van der Waals surface area (Å²) < 4.78 is 6.98. The number of ether oxygens (including phenoxy) is 1. The van der Waals surface area contributed by atoms with E-state index in [1.54, 1.807) is 18.0 Å². The molecule has 0 spiro atoms. The van der Waals surface area contributed by atoms with Gasteiger partial charge in [0.15, 0.2) is 0 Å². The predicted molar refractivity (Wildman–Crippen MR) is 89.0 cm³/mol. The van der Waals surface area contributed by atoms with Crippen LogP contribution in [0.2, 0.25) is 0 Å². The van der Waals surface area contributed by atoms with Crippen LogP contribution in [-0.2, 0) is 20.1 Å². The summed E-state index contributed by atoms with van der Waals surface area (Å²) in [6.07, 6.45) is 1.77. The van der Waals surface area contributed by atoms with Gasteiger partial charge in [-0.2, -0.15) is 0 Å². The van der Waals surface area contributed by atoms with Gasteiger partial charge < -0.3 is 9.84 Å². The van der Waals surface area contributed by atoms with Gasteiger partial charge in [-0.3, -0.25) is 9.58 Å². The van der Waals surface area contributed by atoms with Crippen molar-refractivity contribution in [1.29, 1.82) is 0 Å². The van der Waals surface area contributed by atoms with Crippen LogP contribution >= 0.6 is 0 Å². The van der Waals surface area contributed by atoms with Crippen molar-refractivity contribution in [3.8, 4) is 5.75 Å². The first kappa shape index (κ1) is 17.4. The molecule has 1 heterocycles. The van der Waals surface area contributed by atoms with Crippen LogP contribution in [0.1, 0.15) is 25.1 Å². The lowest BCUT2D eigenvalue weighted by Gasteiger charge is -2.33. The Morgan fingerprint density at radius 3 is 2.39 bits per heavy atom. The highest BCUT2D eigenvalue weighted by Gasteiger charge is 2.22. The van der Waals surface area contributed by atoms with E-state index in [1.165, 1.54) is 5.56 Å². The maximum absolute atomic E-state index is 9.83. The monoisotopic (exact) mass is 318 g/mol. The maximum Gasteiger partial charge on any atom is 0.118 e. The number of aromatic nitrogens is 3. The predicted octanol–water partition coefficient (Wildman–Crippen LogP) is 1.84. The largest absolute Gasteiger partial charge is 0.497 e. The molecule has 0 saturated carbocycles. The number of benzene rings is 1. The smallest absolute Gasteiger partial charge is 0.118 e. The number of rotatable bonds is 8. The Morgan fingerprint density at radius 2 is 1.91 bits per heavy atom. The molecule has 0 aliphatic carbocycles. The van der Waals surface area contributed by atoms with E-state index in [1.807, 2.05) is 19.2 Å². The summed E-state index contributed by atoms with van der Waals surface area (Å²) >= 11 is 0. The highest BCUT2D eigenvalue weighted by atomic mass is 16.5. The summed E-state index contributed by atoms with van der Waals surface area (Å²) in [5.74, 6) is 1.19. The molecule has 0 aliphatic rings. The summed E-state index contributed by atoms with van der Waals surface area (Å²) in [4.78, 5) is 2.27. The van der Waals surface area contributed by atoms with E-state index in [0.717, 1.165) is 18.0 Å². The molecule has 0 unspecified atom stereocenters. The van der Waals surface area contributed by atoms with Crippen LogP contribution in [0, 0.1) is 5.92 Å². The van der Waals surface area contributed by atoms with Gasteiger partial charge in [0.2, 0.25) is 0 Å². The third-order valence-electron chi connectivity index (χ3n) is 4.14. The number of aliphatic hydroxyl groups is 1. The molecule has 1 aromatic carbocycles. The SMILES string of the molecule is COc1ccc(CN(Cc2cnnn2C)[C@H](CO)C(C)C)cc1. The Bertz CT molecular complexity index is 595. The topological polar surface area (TPSA) is 63.4 Å². The summed E-state index contributed by atoms with van der Waals surface area (Å²) in [5.41, 5.74) is 2.21. The van der Waals surface area contributed by atoms with Gasteiger partial charge in [0.05, 0.1) is 25.6 Å². The molecule has 1 aromatic heterocycles. The van der Waals surface area contributed by atoms with Gasteiger partial charge in [-0.25, -0.2) is 0 Å². The van der Waals surface area contributed by atoms with Gasteiger partial charge in [0, 0.05) is 26.2 Å². The minimum Gasteiger partial charge on any atom is -0.497 e. The minimum atomic E-state index is 0.0759. The van der Waals surface area contributed by atoms with Gasteiger partial charge >= 0.3 is 0 Å². The summed E-state index contributed by atoms with van der Waals surface area (Å²) in [7, 11) is 3.55. The van der Waals surface area contributed by atoms with Gasteiger partial charge in [-0.1, -0.05) is 31.2 Å². The average Bonchev–Trinajstić information content (AvgIpc) is 2.93. The first-order valence-electron chi connectivity index (χ1n) is 7.86. The quantitative estimate of drug-likeness (QED) is 0.805. The molecule has 2 rings (SSSR count). The van der Waals surface area contributed by atoms with Crippen LogP contribution in [0.3, 0.4) is 0 Å². The van der Waals surface area contributed by atoms with Gasteiger partial charge in [0.25, 0.3) is 0 Å². The molecule has 0 aliphatic heterocycles. The van der Waals surface area contributed by atoms with Crippen LogP contribution in [-0.4, -0.2) is 44.8 Å². The standard InChI is InChI=1S/C17H26N4O2/c1-13(2)17(12-22)21(11-15-9-18-19-20(15)3)10-14-5-7-16(23-4)8-6-14/h5-9,13,17,22H,10-12H2,1-4H3/t17-/m1/s1. The molecule has 0 bridgehead atoms. The summed E-state index contributed by atoms with van der Waals surface area (Å²) in [6, 6.07) is 8.11. The first-order valence-corrected chi connectivity index (χ1v) is 7.86. The van der Waals surface area contributed by atoms with E-state index in [9.17, 15) is 5.11 Å². The fraction of sp³-hybridized carbons (Fsp3) is 0.529.